The van der Waals surface area contributed by atoms with E-state index in [1.165, 1.54) is 18.6 Å². The van der Waals surface area contributed by atoms with Gasteiger partial charge in [-0.2, -0.15) is 16.9 Å². The molecule has 0 spiro atoms. The van der Waals surface area contributed by atoms with E-state index in [2.05, 4.69) is 17.3 Å². The number of carbonyl (C=O) groups is 1. The van der Waals surface area contributed by atoms with Crippen LogP contribution in [-0.2, 0) is 11.3 Å². The minimum atomic E-state index is -0.0122. The lowest BCUT2D eigenvalue weighted by Gasteiger charge is -2.22. The van der Waals surface area contributed by atoms with Gasteiger partial charge in [-0.25, -0.2) is 0 Å². The molecule has 94 valence electrons. The molecule has 1 aliphatic rings. The average Bonchev–Trinajstić information content (AvgIpc) is 2.86. The molecule has 2 rings (SSSR count). The molecule has 1 aromatic rings. The van der Waals surface area contributed by atoms with Crippen molar-refractivity contribution in [2.24, 2.45) is 0 Å². The van der Waals surface area contributed by atoms with Gasteiger partial charge in [0.15, 0.2) is 0 Å². The van der Waals surface area contributed by atoms with Crippen molar-refractivity contribution >= 4 is 23.4 Å². The molecular weight excluding hydrogens is 236 g/mol. The maximum atomic E-state index is 11.7. The van der Waals surface area contributed by atoms with E-state index in [9.17, 15) is 4.79 Å². The van der Waals surface area contributed by atoms with Crippen LogP contribution in [0.5, 0.6) is 0 Å². The third-order valence-electron chi connectivity index (χ3n) is 2.92. The molecule has 1 amide bonds. The number of nitrogens with two attached hydrogens (primary N) is 1. The van der Waals surface area contributed by atoms with Gasteiger partial charge in [-0.1, -0.05) is 0 Å². The Labute approximate surface area is 105 Å². The number of nitrogens with zero attached hydrogens (tertiary/aromatic N) is 2. The second-order valence-corrected chi connectivity index (χ2v) is 6.33. The van der Waals surface area contributed by atoms with Gasteiger partial charge in [-0.05, 0) is 25.5 Å². The highest BCUT2D eigenvalue weighted by molar-refractivity contribution is 8.00. The summed E-state index contributed by atoms with van der Waals surface area (Å²) in [6, 6.07) is 0. The van der Waals surface area contributed by atoms with Crippen LogP contribution in [0.4, 0.5) is 5.69 Å². The number of nitrogens with one attached hydrogen (secondary N) is 1. The Morgan fingerprint density at radius 3 is 3.18 bits per heavy atom. The number of nitrogen functional groups attached to an aromatic ring is 1. The van der Waals surface area contributed by atoms with Crippen molar-refractivity contribution in [2.45, 2.75) is 31.1 Å². The van der Waals surface area contributed by atoms with Gasteiger partial charge in [0.05, 0.1) is 11.9 Å². The SMILES string of the molecule is CC1(CNC(=O)Cn2cc(N)cn2)CCCS1. The van der Waals surface area contributed by atoms with Crippen molar-refractivity contribution in [3.63, 3.8) is 0 Å². The molecule has 1 saturated heterocycles. The summed E-state index contributed by atoms with van der Waals surface area (Å²) in [5, 5.41) is 6.94. The molecule has 1 aliphatic heterocycles. The standard InChI is InChI=1S/C11H18N4OS/c1-11(3-2-4-17-11)8-13-10(16)7-15-6-9(12)5-14-15/h5-6H,2-4,7-8,12H2,1H3,(H,13,16). The maximum Gasteiger partial charge on any atom is 0.241 e. The van der Waals surface area contributed by atoms with Crippen molar-refractivity contribution in [2.75, 3.05) is 18.0 Å². The lowest BCUT2D eigenvalue weighted by molar-refractivity contribution is -0.121. The minimum Gasteiger partial charge on any atom is -0.396 e. The summed E-state index contributed by atoms with van der Waals surface area (Å²) in [4.78, 5) is 11.7. The van der Waals surface area contributed by atoms with Crippen molar-refractivity contribution in [1.29, 1.82) is 0 Å². The van der Waals surface area contributed by atoms with Crippen LogP contribution in [0.2, 0.25) is 0 Å². The molecule has 0 aromatic carbocycles. The largest absolute Gasteiger partial charge is 0.396 e. The lowest BCUT2D eigenvalue weighted by atomic mass is 10.1. The molecule has 3 N–H and O–H groups in total. The van der Waals surface area contributed by atoms with E-state index in [1.54, 1.807) is 17.1 Å². The molecule has 0 radical (unpaired) electrons. The first kappa shape index (κ1) is 12.3. The highest BCUT2D eigenvalue weighted by atomic mass is 32.2. The topological polar surface area (TPSA) is 72.9 Å². The molecule has 0 aliphatic carbocycles. The second kappa shape index (κ2) is 5.00. The first-order valence-electron chi connectivity index (χ1n) is 5.76. The van der Waals surface area contributed by atoms with Crippen LogP contribution < -0.4 is 11.1 Å². The third-order valence-corrected chi connectivity index (χ3v) is 4.46. The van der Waals surface area contributed by atoms with Gasteiger partial charge < -0.3 is 11.1 Å². The van der Waals surface area contributed by atoms with Crippen LogP contribution in [0, 0.1) is 0 Å². The fraction of sp³-hybridized carbons (Fsp3) is 0.636. The summed E-state index contributed by atoms with van der Waals surface area (Å²) in [5.74, 6) is 1.18. The summed E-state index contributed by atoms with van der Waals surface area (Å²) >= 11 is 1.94. The highest BCUT2D eigenvalue weighted by Gasteiger charge is 2.29. The van der Waals surface area contributed by atoms with Gasteiger partial charge in [0.25, 0.3) is 0 Å². The number of anilines is 1. The molecule has 0 bridgehead atoms. The summed E-state index contributed by atoms with van der Waals surface area (Å²) in [6.45, 7) is 3.17. The van der Waals surface area contributed by atoms with Gasteiger partial charge in [0, 0.05) is 17.5 Å². The molecule has 17 heavy (non-hydrogen) atoms. The van der Waals surface area contributed by atoms with E-state index < -0.39 is 0 Å². The van der Waals surface area contributed by atoms with Crippen LogP contribution in [0.3, 0.4) is 0 Å². The first-order chi connectivity index (χ1) is 8.07. The minimum absolute atomic E-state index is 0.0122. The van der Waals surface area contributed by atoms with E-state index >= 15 is 0 Å². The van der Waals surface area contributed by atoms with Crippen molar-refractivity contribution < 1.29 is 4.79 Å². The predicted molar refractivity (Wildman–Crippen MR) is 69.7 cm³/mol. The van der Waals surface area contributed by atoms with Crippen molar-refractivity contribution in [3.8, 4) is 0 Å². The van der Waals surface area contributed by atoms with Crippen LogP contribution in [0.15, 0.2) is 12.4 Å². The van der Waals surface area contributed by atoms with Gasteiger partial charge in [-0.3, -0.25) is 9.48 Å². The van der Waals surface area contributed by atoms with E-state index in [4.69, 9.17) is 5.73 Å². The Morgan fingerprint density at radius 1 is 1.76 bits per heavy atom. The van der Waals surface area contributed by atoms with Crippen LogP contribution in [0.1, 0.15) is 19.8 Å². The van der Waals surface area contributed by atoms with Gasteiger partial charge in [0.2, 0.25) is 5.91 Å². The molecule has 1 atom stereocenters. The zero-order chi connectivity index (χ0) is 12.3. The lowest BCUT2D eigenvalue weighted by Crippen LogP contribution is -2.38. The molecule has 1 unspecified atom stereocenters. The fourth-order valence-electron chi connectivity index (χ4n) is 1.93. The number of thioether (sulfide) groups is 1. The summed E-state index contributed by atoms with van der Waals surface area (Å²) < 4.78 is 1.76. The summed E-state index contributed by atoms with van der Waals surface area (Å²) in [7, 11) is 0. The zero-order valence-corrected chi connectivity index (χ0v) is 10.8. The van der Waals surface area contributed by atoms with Gasteiger partial charge in [0.1, 0.15) is 6.54 Å². The van der Waals surface area contributed by atoms with Gasteiger partial charge >= 0.3 is 0 Å². The second-order valence-electron chi connectivity index (χ2n) is 4.65. The van der Waals surface area contributed by atoms with E-state index in [0.29, 0.717) is 5.69 Å². The highest BCUT2D eigenvalue weighted by Crippen LogP contribution is 2.36. The number of carbonyl (C=O) groups excluding carboxylic acids is 1. The van der Waals surface area contributed by atoms with Crippen LogP contribution in [0.25, 0.3) is 0 Å². The Kier molecular flexibility index (Phi) is 3.61. The quantitative estimate of drug-likeness (QED) is 0.836. The number of aromatic nitrogens is 2. The molecule has 6 heteroatoms. The number of hydrogen-bond donors (Lipinski definition) is 2. The average molecular weight is 254 g/mol. The van der Waals surface area contributed by atoms with E-state index in [1.807, 2.05) is 11.8 Å². The third kappa shape index (κ3) is 3.39. The monoisotopic (exact) mass is 254 g/mol. The summed E-state index contributed by atoms with van der Waals surface area (Å²) in [6.07, 6.45) is 5.62. The number of hydrogen-bond acceptors (Lipinski definition) is 4. The first-order valence-corrected chi connectivity index (χ1v) is 6.75. The summed E-state index contributed by atoms with van der Waals surface area (Å²) in [5.41, 5.74) is 6.11. The number of amides is 1. The van der Waals surface area contributed by atoms with Crippen molar-refractivity contribution in [1.82, 2.24) is 15.1 Å². The maximum absolute atomic E-state index is 11.7. The van der Waals surface area contributed by atoms with Crippen LogP contribution >= 0.6 is 11.8 Å². The molecule has 1 aromatic heterocycles. The Balaban J connectivity index is 1.77. The molecule has 5 nitrogen and oxygen atoms in total. The predicted octanol–water partition coefficient (Wildman–Crippen LogP) is 0.867. The Bertz CT molecular complexity index is 398. The van der Waals surface area contributed by atoms with Crippen LogP contribution in [-0.4, -0.2) is 32.7 Å². The Hall–Kier alpha value is -1.17. The van der Waals surface area contributed by atoms with E-state index in [-0.39, 0.29) is 17.2 Å². The molecular formula is C11H18N4OS. The smallest absolute Gasteiger partial charge is 0.241 e. The zero-order valence-electron chi connectivity index (χ0n) is 9.98. The molecule has 0 saturated carbocycles. The van der Waals surface area contributed by atoms with E-state index in [0.717, 1.165) is 6.54 Å². The van der Waals surface area contributed by atoms with Gasteiger partial charge in [-0.15, -0.1) is 0 Å². The molecule has 1 fully saturated rings. The molecule has 2 heterocycles. The Morgan fingerprint density at radius 2 is 2.59 bits per heavy atom. The van der Waals surface area contributed by atoms with Crippen molar-refractivity contribution in [3.05, 3.63) is 12.4 Å². The fourth-order valence-corrected chi connectivity index (χ4v) is 3.18. The number of rotatable bonds is 4. The normalized spacial score (nSPS) is 23.8.